The number of nitrogens with zero attached hydrogens (tertiary/aromatic N) is 3. The lowest BCUT2D eigenvalue weighted by Gasteiger charge is -2.04. The van der Waals surface area contributed by atoms with E-state index in [9.17, 15) is 4.79 Å². The first kappa shape index (κ1) is 10.0. The minimum Gasteiger partial charge on any atom is -0.477 e. The molecule has 6 nitrogen and oxygen atoms in total. The van der Waals surface area contributed by atoms with Crippen molar-refractivity contribution in [2.45, 2.75) is 0 Å². The van der Waals surface area contributed by atoms with E-state index in [0.29, 0.717) is 11.1 Å². The third-order valence-corrected chi connectivity index (χ3v) is 2.02. The largest absolute Gasteiger partial charge is 0.477 e. The van der Waals surface area contributed by atoms with E-state index in [-0.39, 0.29) is 11.5 Å². The number of carbonyl (C=O) groups is 1. The summed E-state index contributed by atoms with van der Waals surface area (Å²) < 4.78 is 0. The van der Waals surface area contributed by atoms with Gasteiger partial charge in [0.25, 0.3) is 0 Å². The Bertz CT molecular complexity index is 528. The average Bonchev–Trinajstić information content (AvgIpc) is 2.30. The third-order valence-electron chi connectivity index (χ3n) is 2.02. The fourth-order valence-corrected chi connectivity index (χ4v) is 1.28. The second-order valence-corrected chi connectivity index (χ2v) is 3.06. The molecule has 2 aromatic rings. The van der Waals surface area contributed by atoms with Gasteiger partial charge in [0.2, 0.25) is 0 Å². The molecule has 0 aliphatic carbocycles. The highest BCUT2D eigenvalue weighted by Gasteiger charge is 2.09. The molecular formula is C10H8N4O2. The van der Waals surface area contributed by atoms with E-state index < -0.39 is 5.97 Å². The quantitative estimate of drug-likeness (QED) is 0.770. The van der Waals surface area contributed by atoms with Gasteiger partial charge < -0.3 is 10.8 Å². The molecule has 0 aliphatic heterocycles. The van der Waals surface area contributed by atoms with Gasteiger partial charge in [-0.3, -0.25) is 0 Å². The number of hydrogen-bond donors (Lipinski definition) is 2. The van der Waals surface area contributed by atoms with Crippen LogP contribution in [0.25, 0.3) is 11.1 Å². The fraction of sp³-hybridized carbons (Fsp3) is 0. The van der Waals surface area contributed by atoms with Crippen molar-refractivity contribution in [1.29, 1.82) is 0 Å². The van der Waals surface area contributed by atoms with Gasteiger partial charge in [-0.25, -0.2) is 19.7 Å². The predicted octanol–water partition coefficient (Wildman–Crippen LogP) is 0.819. The Kier molecular flexibility index (Phi) is 2.47. The van der Waals surface area contributed by atoms with E-state index in [1.165, 1.54) is 12.4 Å². The number of carboxylic acid groups (broad SMARTS) is 1. The van der Waals surface area contributed by atoms with Gasteiger partial charge >= 0.3 is 5.97 Å². The molecule has 0 amide bonds. The molecule has 80 valence electrons. The number of rotatable bonds is 2. The molecule has 16 heavy (non-hydrogen) atoms. The van der Waals surface area contributed by atoms with Crippen LogP contribution in [0, 0.1) is 0 Å². The van der Waals surface area contributed by atoms with Crippen LogP contribution in [0.5, 0.6) is 0 Å². The number of nitrogen functional groups attached to an aromatic ring is 1. The molecule has 2 heterocycles. The lowest BCUT2D eigenvalue weighted by Crippen LogP contribution is -2.04. The summed E-state index contributed by atoms with van der Waals surface area (Å²) in [7, 11) is 0. The number of nitrogens with two attached hydrogens (primary N) is 1. The minimum atomic E-state index is -1.11. The molecule has 0 aromatic carbocycles. The highest BCUT2D eigenvalue weighted by Crippen LogP contribution is 2.22. The van der Waals surface area contributed by atoms with Gasteiger partial charge in [-0.1, -0.05) is 0 Å². The van der Waals surface area contributed by atoms with Gasteiger partial charge in [0, 0.05) is 23.5 Å². The topological polar surface area (TPSA) is 102 Å². The Morgan fingerprint density at radius 2 is 1.94 bits per heavy atom. The third kappa shape index (κ3) is 1.81. The number of carboxylic acids is 1. The van der Waals surface area contributed by atoms with Crippen molar-refractivity contribution in [3.05, 3.63) is 36.5 Å². The van der Waals surface area contributed by atoms with Gasteiger partial charge in [-0.15, -0.1) is 0 Å². The van der Waals surface area contributed by atoms with Crippen LogP contribution in [0.1, 0.15) is 10.5 Å². The molecular weight excluding hydrogens is 208 g/mol. The molecule has 0 fully saturated rings. The van der Waals surface area contributed by atoms with Gasteiger partial charge in [0.15, 0.2) is 5.69 Å². The summed E-state index contributed by atoms with van der Waals surface area (Å²) in [5.74, 6) is -0.961. The standard InChI is InChI=1S/C10H8N4O2/c11-9-7(6-3-12-5-13-4-6)1-2-8(14-9)10(15)16/h1-5H,(H2,11,14)(H,15,16). The maximum atomic E-state index is 10.7. The molecule has 0 bridgehead atoms. The highest BCUT2D eigenvalue weighted by molar-refractivity contribution is 5.87. The molecule has 3 N–H and O–H groups in total. The SMILES string of the molecule is Nc1nc(C(=O)O)ccc1-c1cncnc1. The van der Waals surface area contributed by atoms with E-state index >= 15 is 0 Å². The molecule has 2 rings (SSSR count). The van der Waals surface area contributed by atoms with Crippen LogP contribution in [0.2, 0.25) is 0 Å². The van der Waals surface area contributed by atoms with Crippen molar-refractivity contribution in [3.8, 4) is 11.1 Å². The molecule has 0 spiro atoms. The van der Waals surface area contributed by atoms with Crippen molar-refractivity contribution in [3.63, 3.8) is 0 Å². The van der Waals surface area contributed by atoms with Crippen LogP contribution in [0.4, 0.5) is 5.82 Å². The smallest absolute Gasteiger partial charge is 0.354 e. The zero-order valence-electron chi connectivity index (χ0n) is 8.16. The molecule has 2 aromatic heterocycles. The summed E-state index contributed by atoms with van der Waals surface area (Å²) in [6, 6.07) is 2.98. The van der Waals surface area contributed by atoms with Gasteiger partial charge in [-0.2, -0.15) is 0 Å². The van der Waals surface area contributed by atoms with Gasteiger partial charge in [0.05, 0.1) is 0 Å². The maximum Gasteiger partial charge on any atom is 0.354 e. The van der Waals surface area contributed by atoms with Crippen LogP contribution in [-0.4, -0.2) is 26.0 Å². The Morgan fingerprint density at radius 1 is 1.25 bits per heavy atom. The number of hydrogen-bond acceptors (Lipinski definition) is 5. The van der Waals surface area contributed by atoms with E-state index in [2.05, 4.69) is 15.0 Å². The number of anilines is 1. The normalized spacial score (nSPS) is 10.0. The zero-order valence-corrected chi connectivity index (χ0v) is 8.16. The lowest BCUT2D eigenvalue weighted by atomic mass is 10.1. The van der Waals surface area contributed by atoms with Crippen molar-refractivity contribution in [2.75, 3.05) is 5.73 Å². The molecule has 0 saturated carbocycles. The minimum absolute atomic E-state index is 0.0851. The van der Waals surface area contributed by atoms with Crippen LogP contribution >= 0.6 is 0 Å². The van der Waals surface area contributed by atoms with Crippen molar-refractivity contribution in [1.82, 2.24) is 15.0 Å². The summed E-state index contributed by atoms with van der Waals surface area (Å²) in [4.78, 5) is 22.1. The number of aromatic nitrogens is 3. The summed E-state index contributed by atoms with van der Waals surface area (Å²) >= 11 is 0. The van der Waals surface area contributed by atoms with Crippen molar-refractivity contribution in [2.24, 2.45) is 0 Å². The second-order valence-electron chi connectivity index (χ2n) is 3.06. The first-order chi connectivity index (χ1) is 7.68. The van der Waals surface area contributed by atoms with Crippen LogP contribution in [0.3, 0.4) is 0 Å². The molecule has 0 unspecified atom stereocenters. The van der Waals surface area contributed by atoms with Crippen LogP contribution in [0.15, 0.2) is 30.9 Å². The fourth-order valence-electron chi connectivity index (χ4n) is 1.28. The predicted molar refractivity (Wildman–Crippen MR) is 56.6 cm³/mol. The lowest BCUT2D eigenvalue weighted by molar-refractivity contribution is 0.0690. The molecule has 0 aliphatic rings. The second kappa shape index (κ2) is 3.93. The van der Waals surface area contributed by atoms with E-state index in [1.54, 1.807) is 18.5 Å². The summed E-state index contributed by atoms with van der Waals surface area (Å²) in [6.07, 6.45) is 4.57. The Balaban J connectivity index is 2.48. The first-order valence-electron chi connectivity index (χ1n) is 4.43. The van der Waals surface area contributed by atoms with E-state index in [4.69, 9.17) is 10.8 Å². The average molecular weight is 216 g/mol. The van der Waals surface area contributed by atoms with E-state index in [0.717, 1.165) is 0 Å². The maximum absolute atomic E-state index is 10.7. The first-order valence-corrected chi connectivity index (χ1v) is 4.43. The molecule has 0 radical (unpaired) electrons. The highest BCUT2D eigenvalue weighted by atomic mass is 16.4. The Morgan fingerprint density at radius 3 is 2.50 bits per heavy atom. The number of pyridine rings is 1. The molecule has 0 atom stereocenters. The Hall–Kier alpha value is -2.50. The van der Waals surface area contributed by atoms with Crippen molar-refractivity contribution >= 4 is 11.8 Å². The number of aromatic carboxylic acids is 1. The van der Waals surface area contributed by atoms with Crippen molar-refractivity contribution < 1.29 is 9.90 Å². The van der Waals surface area contributed by atoms with Gasteiger partial charge in [0.1, 0.15) is 12.1 Å². The molecule has 6 heteroatoms. The summed E-state index contributed by atoms with van der Waals surface area (Å²) in [6.45, 7) is 0. The van der Waals surface area contributed by atoms with Crippen LogP contribution in [-0.2, 0) is 0 Å². The molecule has 0 saturated heterocycles. The Labute approximate surface area is 90.8 Å². The summed E-state index contributed by atoms with van der Waals surface area (Å²) in [5.41, 5.74) is 6.89. The monoisotopic (exact) mass is 216 g/mol. The zero-order chi connectivity index (χ0) is 11.5. The van der Waals surface area contributed by atoms with Crippen LogP contribution < -0.4 is 5.73 Å². The summed E-state index contributed by atoms with van der Waals surface area (Å²) in [5, 5.41) is 8.73. The van der Waals surface area contributed by atoms with E-state index in [1.807, 2.05) is 0 Å². The van der Waals surface area contributed by atoms with Gasteiger partial charge in [-0.05, 0) is 12.1 Å².